The minimum absolute atomic E-state index is 0.879. The SMILES string of the molecule is C=C1/C=C\C=C/Nc2c1ccc1c2oc2ccccc21. The highest BCUT2D eigenvalue weighted by Gasteiger charge is 2.15. The fourth-order valence-electron chi connectivity index (χ4n) is 2.65. The minimum atomic E-state index is 0.879. The molecule has 0 radical (unpaired) electrons. The van der Waals surface area contributed by atoms with Gasteiger partial charge in [0.25, 0.3) is 0 Å². The van der Waals surface area contributed by atoms with E-state index in [1.165, 1.54) is 0 Å². The molecule has 0 unspecified atom stereocenters. The zero-order valence-electron chi connectivity index (χ0n) is 10.9. The third kappa shape index (κ3) is 1.51. The van der Waals surface area contributed by atoms with Crippen molar-refractivity contribution in [2.75, 3.05) is 5.32 Å². The molecule has 2 nitrogen and oxygen atoms in total. The molecule has 2 aromatic carbocycles. The smallest absolute Gasteiger partial charge is 0.159 e. The molecule has 96 valence electrons. The average Bonchev–Trinajstić information content (AvgIpc) is 2.83. The predicted octanol–water partition coefficient (Wildman–Crippen LogP) is 5.09. The number of rotatable bonds is 0. The van der Waals surface area contributed by atoms with E-state index in [9.17, 15) is 0 Å². The molecule has 0 fully saturated rings. The van der Waals surface area contributed by atoms with Gasteiger partial charge in [-0.1, -0.05) is 43.0 Å². The van der Waals surface area contributed by atoms with Crippen molar-refractivity contribution in [2.24, 2.45) is 0 Å². The van der Waals surface area contributed by atoms with Crippen LogP contribution in [0.3, 0.4) is 0 Å². The van der Waals surface area contributed by atoms with Crippen molar-refractivity contribution in [1.29, 1.82) is 0 Å². The summed E-state index contributed by atoms with van der Waals surface area (Å²) in [5, 5.41) is 5.57. The van der Waals surface area contributed by atoms with Crippen LogP contribution < -0.4 is 5.32 Å². The van der Waals surface area contributed by atoms with Gasteiger partial charge in [-0.15, -0.1) is 0 Å². The number of benzene rings is 2. The molecule has 3 aromatic rings. The van der Waals surface area contributed by atoms with Crippen molar-refractivity contribution in [2.45, 2.75) is 0 Å². The largest absolute Gasteiger partial charge is 0.454 e. The average molecular weight is 259 g/mol. The number of hydrogen-bond acceptors (Lipinski definition) is 2. The number of hydrogen-bond donors (Lipinski definition) is 1. The topological polar surface area (TPSA) is 25.2 Å². The van der Waals surface area contributed by atoms with Crippen LogP contribution >= 0.6 is 0 Å². The summed E-state index contributed by atoms with van der Waals surface area (Å²) in [7, 11) is 0. The van der Waals surface area contributed by atoms with E-state index in [4.69, 9.17) is 4.42 Å². The Kier molecular flexibility index (Phi) is 2.30. The predicted molar refractivity (Wildman–Crippen MR) is 84.7 cm³/mol. The Morgan fingerprint density at radius 3 is 2.80 bits per heavy atom. The van der Waals surface area contributed by atoms with E-state index in [1.54, 1.807) is 0 Å². The van der Waals surface area contributed by atoms with Gasteiger partial charge in [-0.2, -0.15) is 0 Å². The highest BCUT2D eigenvalue weighted by atomic mass is 16.3. The molecule has 0 atom stereocenters. The van der Waals surface area contributed by atoms with Crippen LogP contribution in [-0.2, 0) is 0 Å². The molecular formula is C18H13NO. The molecule has 0 amide bonds. The Balaban J connectivity index is 2.13. The number of furan rings is 1. The van der Waals surface area contributed by atoms with Crippen LogP contribution in [0.5, 0.6) is 0 Å². The first-order chi connectivity index (χ1) is 9.84. The molecular weight excluding hydrogens is 246 g/mol. The summed E-state index contributed by atoms with van der Waals surface area (Å²) in [6.07, 6.45) is 7.84. The molecule has 20 heavy (non-hydrogen) atoms. The molecule has 0 saturated carbocycles. The third-order valence-corrected chi connectivity index (χ3v) is 3.63. The summed E-state index contributed by atoms with van der Waals surface area (Å²) in [6.45, 7) is 4.12. The van der Waals surface area contributed by atoms with E-state index in [-0.39, 0.29) is 0 Å². The van der Waals surface area contributed by atoms with Gasteiger partial charge in [-0.3, -0.25) is 0 Å². The third-order valence-electron chi connectivity index (χ3n) is 3.63. The molecule has 1 aromatic heterocycles. The summed E-state index contributed by atoms with van der Waals surface area (Å²) < 4.78 is 6.03. The summed E-state index contributed by atoms with van der Waals surface area (Å²) in [6, 6.07) is 12.3. The fraction of sp³-hybridized carbons (Fsp3) is 0. The Morgan fingerprint density at radius 1 is 0.950 bits per heavy atom. The molecule has 0 bridgehead atoms. The number of allylic oxidation sites excluding steroid dienone is 4. The van der Waals surface area contributed by atoms with Gasteiger partial charge in [0.15, 0.2) is 5.58 Å². The lowest BCUT2D eigenvalue weighted by Gasteiger charge is -2.11. The van der Waals surface area contributed by atoms with E-state index in [2.05, 4.69) is 30.1 Å². The van der Waals surface area contributed by atoms with Crippen molar-refractivity contribution in [1.82, 2.24) is 0 Å². The lowest BCUT2D eigenvalue weighted by Crippen LogP contribution is -1.95. The molecule has 1 aliphatic rings. The minimum Gasteiger partial charge on any atom is -0.454 e. The van der Waals surface area contributed by atoms with E-state index in [0.717, 1.165) is 38.8 Å². The van der Waals surface area contributed by atoms with Crippen LogP contribution in [0.1, 0.15) is 5.56 Å². The molecule has 0 aliphatic carbocycles. The maximum absolute atomic E-state index is 6.03. The quantitative estimate of drug-likeness (QED) is 0.608. The maximum Gasteiger partial charge on any atom is 0.159 e. The second-order valence-corrected chi connectivity index (χ2v) is 4.85. The van der Waals surface area contributed by atoms with Crippen LogP contribution in [-0.4, -0.2) is 0 Å². The molecule has 4 rings (SSSR count). The van der Waals surface area contributed by atoms with E-state index >= 15 is 0 Å². The summed E-state index contributed by atoms with van der Waals surface area (Å²) in [5.41, 5.74) is 4.80. The van der Waals surface area contributed by atoms with Gasteiger partial charge in [0.1, 0.15) is 5.58 Å². The first-order valence-electron chi connectivity index (χ1n) is 6.58. The first kappa shape index (κ1) is 11.1. The Labute approximate surface area is 116 Å². The fourth-order valence-corrected chi connectivity index (χ4v) is 2.65. The van der Waals surface area contributed by atoms with E-state index in [1.807, 2.05) is 42.6 Å². The summed E-state index contributed by atoms with van der Waals surface area (Å²) in [4.78, 5) is 0. The zero-order chi connectivity index (χ0) is 13.5. The molecule has 1 aliphatic heterocycles. The number of nitrogens with one attached hydrogen (secondary N) is 1. The van der Waals surface area contributed by atoms with Gasteiger partial charge in [0.05, 0.1) is 5.69 Å². The van der Waals surface area contributed by atoms with Crippen molar-refractivity contribution in [3.63, 3.8) is 0 Å². The van der Waals surface area contributed by atoms with E-state index in [0.29, 0.717) is 0 Å². The van der Waals surface area contributed by atoms with Crippen LogP contribution in [0.2, 0.25) is 0 Å². The van der Waals surface area contributed by atoms with Crippen LogP contribution in [0.4, 0.5) is 5.69 Å². The van der Waals surface area contributed by atoms with Crippen molar-refractivity contribution in [3.8, 4) is 0 Å². The number of anilines is 1. The molecule has 2 heteroatoms. The molecule has 2 heterocycles. The van der Waals surface area contributed by atoms with Crippen LogP contribution in [0.25, 0.3) is 27.5 Å². The standard InChI is InChI=1S/C18H13NO/c1-12-6-4-5-11-19-17-13(12)9-10-15-14-7-2-3-8-16(14)20-18(15)17/h2-11,19H,1H2/b6-4-,11-5-. The number of fused-ring (bicyclic) bond motifs is 5. The van der Waals surface area contributed by atoms with Crippen molar-refractivity contribution < 1.29 is 4.42 Å². The Bertz CT molecular complexity index is 896. The second-order valence-electron chi connectivity index (χ2n) is 4.85. The Morgan fingerprint density at radius 2 is 1.85 bits per heavy atom. The van der Waals surface area contributed by atoms with Crippen molar-refractivity contribution in [3.05, 3.63) is 73.0 Å². The van der Waals surface area contributed by atoms with E-state index < -0.39 is 0 Å². The van der Waals surface area contributed by atoms with Gasteiger partial charge in [-0.25, -0.2) is 0 Å². The second kappa shape index (κ2) is 4.14. The Hall–Kier alpha value is -2.74. The van der Waals surface area contributed by atoms with Crippen LogP contribution in [0.15, 0.2) is 71.8 Å². The molecule has 0 saturated heterocycles. The highest BCUT2D eigenvalue weighted by molar-refractivity contribution is 6.11. The van der Waals surface area contributed by atoms with Gasteiger partial charge in [-0.05, 0) is 23.8 Å². The summed E-state index contributed by atoms with van der Waals surface area (Å²) >= 11 is 0. The van der Waals surface area contributed by atoms with Crippen molar-refractivity contribution >= 4 is 33.2 Å². The summed E-state index contributed by atoms with van der Waals surface area (Å²) in [5.74, 6) is 0. The van der Waals surface area contributed by atoms with Gasteiger partial charge in [0, 0.05) is 22.5 Å². The van der Waals surface area contributed by atoms with Gasteiger partial charge in [0.2, 0.25) is 0 Å². The van der Waals surface area contributed by atoms with Crippen LogP contribution in [0, 0.1) is 0 Å². The van der Waals surface area contributed by atoms with Gasteiger partial charge >= 0.3 is 0 Å². The lowest BCUT2D eigenvalue weighted by molar-refractivity contribution is 0.670. The first-order valence-corrected chi connectivity index (χ1v) is 6.58. The normalized spacial score (nSPS) is 17.3. The zero-order valence-corrected chi connectivity index (χ0v) is 10.9. The lowest BCUT2D eigenvalue weighted by atomic mass is 10.0. The maximum atomic E-state index is 6.03. The highest BCUT2D eigenvalue weighted by Crippen LogP contribution is 2.38. The number of para-hydroxylation sites is 1. The van der Waals surface area contributed by atoms with Gasteiger partial charge < -0.3 is 9.73 Å². The monoisotopic (exact) mass is 259 g/mol. The molecule has 1 N–H and O–H groups in total. The molecule has 0 spiro atoms.